The average Bonchev–Trinajstić information content (AvgIpc) is 3.17. The van der Waals surface area contributed by atoms with E-state index in [0.717, 1.165) is 48.5 Å². The van der Waals surface area contributed by atoms with Crippen LogP contribution >= 0.6 is 11.6 Å². The van der Waals surface area contributed by atoms with Gasteiger partial charge in [0.2, 0.25) is 0 Å². The highest BCUT2D eigenvalue weighted by Gasteiger charge is 2.36. The van der Waals surface area contributed by atoms with Gasteiger partial charge in [0.25, 0.3) is 0 Å². The summed E-state index contributed by atoms with van der Waals surface area (Å²) in [6.07, 6.45) is 1.85. The average molecular weight is 491 g/mol. The van der Waals surface area contributed by atoms with Crippen molar-refractivity contribution in [2.24, 2.45) is 0 Å². The molecule has 35 heavy (non-hydrogen) atoms. The summed E-state index contributed by atoms with van der Waals surface area (Å²) in [5, 5.41) is 12.0. The molecule has 0 spiro atoms. The second-order valence-electron chi connectivity index (χ2n) is 9.07. The second-order valence-corrected chi connectivity index (χ2v) is 9.51. The number of benzene rings is 3. The van der Waals surface area contributed by atoms with Crippen LogP contribution in [0.15, 0.2) is 60.7 Å². The molecule has 0 radical (unpaired) electrons. The van der Waals surface area contributed by atoms with Crippen molar-refractivity contribution in [3.8, 4) is 11.5 Å². The molecule has 0 aliphatic carbocycles. The number of aromatic nitrogens is 1. The molecule has 2 aliphatic rings. The first-order valence-electron chi connectivity index (χ1n) is 11.7. The zero-order valence-electron chi connectivity index (χ0n) is 19.1. The third kappa shape index (κ3) is 4.08. The highest BCUT2D eigenvalue weighted by atomic mass is 35.5. The Hall–Kier alpha value is -2.99. The Bertz CT molecular complexity index is 1370. The van der Waals surface area contributed by atoms with Gasteiger partial charge in [0.15, 0.2) is 11.5 Å². The SMILES string of the molecule is C.COc1cc2c(cc1OCc1ccccc1)C1Cc3c(n(CO)c4cc(Cl)ccc34)CN1CC2. The van der Waals surface area contributed by atoms with E-state index >= 15 is 0 Å². The van der Waals surface area contributed by atoms with Crippen LogP contribution < -0.4 is 9.47 Å². The second kappa shape index (κ2) is 9.57. The largest absolute Gasteiger partial charge is 0.493 e. The molecule has 0 amide bonds. The van der Waals surface area contributed by atoms with Crippen molar-refractivity contribution in [3.63, 3.8) is 0 Å². The van der Waals surface area contributed by atoms with Crippen LogP contribution in [0.4, 0.5) is 0 Å². The number of hydrogen-bond donors (Lipinski definition) is 1. The first-order chi connectivity index (χ1) is 16.7. The third-order valence-electron chi connectivity index (χ3n) is 7.27. The molecule has 6 rings (SSSR count). The molecular weight excluding hydrogens is 460 g/mol. The smallest absolute Gasteiger partial charge is 0.162 e. The Morgan fingerprint density at radius 1 is 1.06 bits per heavy atom. The monoisotopic (exact) mass is 490 g/mol. The van der Waals surface area contributed by atoms with Crippen LogP contribution in [0, 0.1) is 0 Å². The minimum atomic E-state index is -0.0457. The van der Waals surface area contributed by atoms with Crippen LogP contribution in [0.1, 0.15) is 41.4 Å². The summed E-state index contributed by atoms with van der Waals surface area (Å²) >= 11 is 6.29. The van der Waals surface area contributed by atoms with E-state index in [1.165, 1.54) is 27.8 Å². The molecule has 0 bridgehead atoms. The van der Waals surface area contributed by atoms with Gasteiger partial charge in [0, 0.05) is 35.2 Å². The van der Waals surface area contributed by atoms with E-state index in [-0.39, 0.29) is 20.2 Å². The molecule has 1 atom stereocenters. The molecule has 1 aromatic heterocycles. The van der Waals surface area contributed by atoms with E-state index < -0.39 is 0 Å². The van der Waals surface area contributed by atoms with Crippen molar-refractivity contribution in [3.05, 3.63) is 93.6 Å². The highest BCUT2D eigenvalue weighted by Crippen LogP contribution is 2.45. The van der Waals surface area contributed by atoms with Crippen LogP contribution in [0.2, 0.25) is 5.02 Å². The van der Waals surface area contributed by atoms with Crippen molar-refractivity contribution in [2.45, 2.75) is 46.2 Å². The minimum Gasteiger partial charge on any atom is -0.493 e. The van der Waals surface area contributed by atoms with Crippen molar-refractivity contribution in [1.82, 2.24) is 9.47 Å². The molecule has 2 aliphatic heterocycles. The molecular formula is C29H31ClN2O3. The van der Waals surface area contributed by atoms with Gasteiger partial charge in [-0.2, -0.15) is 0 Å². The molecule has 182 valence electrons. The predicted molar refractivity (Wildman–Crippen MR) is 140 cm³/mol. The van der Waals surface area contributed by atoms with E-state index in [2.05, 4.69) is 35.2 Å². The molecule has 5 nitrogen and oxygen atoms in total. The summed E-state index contributed by atoms with van der Waals surface area (Å²) < 4.78 is 13.9. The number of fused-ring (bicyclic) bond motifs is 6. The molecule has 4 aromatic rings. The number of aliphatic hydroxyl groups excluding tert-OH is 1. The van der Waals surface area contributed by atoms with Gasteiger partial charge in [-0.15, -0.1) is 0 Å². The normalized spacial score (nSPS) is 16.7. The van der Waals surface area contributed by atoms with Gasteiger partial charge in [-0.25, -0.2) is 0 Å². The lowest BCUT2D eigenvalue weighted by atomic mass is 9.85. The van der Waals surface area contributed by atoms with Crippen molar-refractivity contribution < 1.29 is 14.6 Å². The fourth-order valence-electron chi connectivity index (χ4n) is 5.60. The number of aliphatic hydroxyl groups is 1. The summed E-state index contributed by atoms with van der Waals surface area (Å²) in [7, 11) is 1.70. The molecule has 3 aromatic carbocycles. The Morgan fingerprint density at radius 2 is 1.89 bits per heavy atom. The summed E-state index contributed by atoms with van der Waals surface area (Å²) in [5.41, 5.74) is 7.25. The maximum Gasteiger partial charge on any atom is 0.162 e. The lowest BCUT2D eigenvalue weighted by molar-refractivity contribution is 0.145. The lowest BCUT2D eigenvalue weighted by Gasteiger charge is -2.41. The fourth-order valence-corrected chi connectivity index (χ4v) is 5.77. The van der Waals surface area contributed by atoms with Gasteiger partial charge in [-0.05, 0) is 59.4 Å². The zero-order chi connectivity index (χ0) is 23.2. The number of hydrogen-bond acceptors (Lipinski definition) is 4. The molecule has 1 N–H and O–H groups in total. The van der Waals surface area contributed by atoms with Crippen molar-refractivity contribution in [1.29, 1.82) is 0 Å². The van der Waals surface area contributed by atoms with Gasteiger partial charge in [0.05, 0.1) is 12.6 Å². The summed E-state index contributed by atoms with van der Waals surface area (Å²) in [6, 6.07) is 20.8. The van der Waals surface area contributed by atoms with Crippen LogP contribution in [-0.4, -0.2) is 28.2 Å². The number of nitrogens with zero attached hydrogens (tertiary/aromatic N) is 2. The summed E-state index contributed by atoms with van der Waals surface area (Å²) in [4.78, 5) is 2.52. The topological polar surface area (TPSA) is 46.9 Å². The molecule has 3 heterocycles. The zero-order valence-corrected chi connectivity index (χ0v) is 19.9. The molecule has 0 saturated heterocycles. The predicted octanol–water partition coefficient (Wildman–Crippen LogP) is 6.12. The van der Waals surface area contributed by atoms with E-state index in [0.29, 0.717) is 11.6 Å². The van der Waals surface area contributed by atoms with Gasteiger partial charge in [0.1, 0.15) is 13.3 Å². The van der Waals surface area contributed by atoms with Gasteiger partial charge in [-0.3, -0.25) is 4.90 Å². The van der Waals surface area contributed by atoms with E-state index in [1.807, 2.05) is 34.9 Å². The molecule has 6 heteroatoms. The molecule has 1 unspecified atom stereocenters. The summed E-state index contributed by atoms with van der Waals surface area (Å²) in [6.45, 7) is 2.23. The lowest BCUT2D eigenvalue weighted by Crippen LogP contribution is -2.39. The van der Waals surface area contributed by atoms with Crippen LogP contribution in [-0.2, 0) is 32.7 Å². The minimum absolute atomic E-state index is 0. The van der Waals surface area contributed by atoms with E-state index in [4.69, 9.17) is 21.1 Å². The van der Waals surface area contributed by atoms with Crippen molar-refractivity contribution in [2.75, 3.05) is 13.7 Å². The first-order valence-corrected chi connectivity index (χ1v) is 12.1. The van der Waals surface area contributed by atoms with Gasteiger partial charge in [-0.1, -0.05) is 55.4 Å². The number of rotatable bonds is 5. The number of methoxy groups -OCH3 is 1. The Morgan fingerprint density at radius 3 is 2.66 bits per heavy atom. The molecule has 0 saturated carbocycles. The van der Waals surface area contributed by atoms with Crippen molar-refractivity contribution >= 4 is 22.5 Å². The van der Waals surface area contributed by atoms with E-state index in [1.54, 1.807) is 7.11 Å². The quantitative estimate of drug-likeness (QED) is 0.366. The Balaban J connectivity index is 0.00000253. The van der Waals surface area contributed by atoms with Gasteiger partial charge < -0.3 is 19.1 Å². The highest BCUT2D eigenvalue weighted by molar-refractivity contribution is 6.31. The van der Waals surface area contributed by atoms with Crippen LogP contribution in [0.5, 0.6) is 11.5 Å². The first kappa shape index (κ1) is 23.7. The molecule has 0 fully saturated rings. The number of ether oxygens (including phenoxy) is 2. The van der Waals surface area contributed by atoms with Crippen LogP contribution in [0.3, 0.4) is 0 Å². The Kier molecular flexibility index (Phi) is 6.49. The maximum absolute atomic E-state index is 10.1. The van der Waals surface area contributed by atoms with Gasteiger partial charge >= 0.3 is 0 Å². The standard InChI is InChI=1S/C28H27ClN2O3.CH4/c1-33-27-11-19-9-10-30-15-26-23(21-8-7-20(29)12-25(21)31(26)17-32)13-24(30)22(19)14-28(27)34-16-18-5-3-2-4-6-18;/h2-8,11-12,14,24,32H,9-10,13,15-17H2,1H3;1H4. The number of halogens is 1. The van der Waals surface area contributed by atoms with Crippen LogP contribution in [0.25, 0.3) is 10.9 Å². The summed E-state index contributed by atoms with van der Waals surface area (Å²) in [5.74, 6) is 1.56. The maximum atomic E-state index is 10.1. The third-order valence-corrected chi connectivity index (χ3v) is 7.51. The van der Waals surface area contributed by atoms with E-state index in [9.17, 15) is 5.11 Å². The Labute approximate surface area is 211 Å². The fraction of sp³-hybridized carbons (Fsp3) is 0.310.